The lowest BCUT2D eigenvalue weighted by molar-refractivity contribution is -0.122. The van der Waals surface area contributed by atoms with Crippen LogP contribution in [0.4, 0.5) is 0 Å². The number of aryl methyl sites for hydroxylation is 1. The van der Waals surface area contributed by atoms with Crippen LogP contribution in [-0.4, -0.2) is 18.5 Å². The number of carbonyl (C=O) groups is 1. The van der Waals surface area contributed by atoms with Crippen molar-refractivity contribution < 1.29 is 4.79 Å². The molecule has 0 fully saturated rings. The smallest absolute Gasteiger partial charge is 0.236 e. The number of nitrogens with one attached hydrogen (secondary N) is 1. The maximum absolute atomic E-state index is 11.4. The molecule has 1 aromatic carbocycles. The number of benzene rings is 1. The number of amides is 1. The van der Waals surface area contributed by atoms with Crippen molar-refractivity contribution in [3.8, 4) is 0 Å². The van der Waals surface area contributed by atoms with Crippen molar-refractivity contribution in [2.45, 2.75) is 32.7 Å². The van der Waals surface area contributed by atoms with E-state index < -0.39 is 0 Å². The summed E-state index contributed by atoms with van der Waals surface area (Å²) in [7, 11) is 0. The largest absolute Gasteiger partial charge is 0.354 e. The third kappa shape index (κ3) is 3.66. The molecule has 88 valence electrons. The first-order chi connectivity index (χ1) is 7.65. The van der Waals surface area contributed by atoms with Crippen LogP contribution in [0, 0.1) is 6.92 Å². The zero-order valence-electron chi connectivity index (χ0n) is 9.99. The van der Waals surface area contributed by atoms with Gasteiger partial charge >= 0.3 is 0 Å². The molecule has 0 radical (unpaired) electrons. The quantitative estimate of drug-likeness (QED) is 0.788. The molecule has 16 heavy (non-hydrogen) atoms. The first-order valence-electron chi connectivity index (χ1n) is 5.73. The molecular formula is C13H20N2O. The fraction of sp³-hybridized carbons (Fsp3) is 0.462. The highest BCUT2D eigenvalue weighted by Gasteiger charge is 2.09. The maximum atomic E-state index is 11.4. The summed E-state index contributed by atoms with van der Waals surface area (Å²) in [5.74, 6) is -0.0592. The highest BCUT2D eigenvalue weighted by Crippen LogP contribution is 2.06. The van der Waals surface area contributed by atoms with Gasteiger partial charge in [0.15, 0.2) is 0 Å². The van der Waals surface area contributed by atoms with E-state index in [0.29, 0.717) is 13.0 Å². The zero-order chi connectivity index (χ0) is 12.0. The second-order valence-electron chi connectivity index (χ2n) is 3.98. The second-order valence-corrected chi connectivity index (χ2v) is 3.98. The fourth-order valence-corrected chi connectivity index (χ4v) is 1.53. The molecule has 0 aromatic heterocycles. The van der Waals surface area contributed by atoms with Gasteiger partial charge in [0, 0.05) is 6.54 Å². The molecule has 0 saturated carbocycles. The van der Waals surface area contributed by atoms with E-state index in [1.54, 1.807) is 0 Å². The molecule has 0 aliphatic rings. The van der Waals surface area contributed by atoms with Gasteiger partial charge in [-0.05, 0) is 30.9 Å². The van der Waals surface area contributed by atoms with Gasteiger partial charge in [0.05, 0.1) is 6.04 Å². The van der Waals surface area contributed by atoms with Gasteiger partial charge in [-0.1, -0.05) is 31.2 Å². The van der Waals surface area contributed by atoms with Gasteiger partial charge in [-0.2, -0.15) is 0 Å². The first-order valence-corrected chi connectivity index (χ1v) is 5.73. The van der Waals surface area contributed by atoms with Gasteiger partial charge in [-0.3, -0.25) is 4.79 Å². The van der Waals surface area contributed by atoms with Crippen molar-refractivity contribution in [3.05, 3.63) is 35.4 Å². The minimum absolute atomic E-state index is 0.0592. The summed E-state index contributed by atoms with van der Waals surface area (Å²) in [5, 5.41) is 2.85. The summed E-state index contributed by atoms with van der Waals surface area (Å²) in [5.41, 5.74) is 8.15. The van der Waals surface area contributed by atoms with E-state index in [9.17, 15) is 4.79 Å². The van der Waals surface area contributed by atoms with Crippen LogP contribution in [0.25, 0.3) is 0 Å². The van der Waals surface area contributed by atoms with Crippen molar-refractivity contribution in [1.82, 2.24) is 5.32 Å². The molecular weight excluding hydrogens is 200 g/mol. The Labute approximate surface area is 97.0 Å². The second kappa shape index (κ2) is 6.28. The van der Waals surface area contributed by atoms with Crippen LogP contribution in [0.2, 0.25) is 0 Å². The molecule has 0 unspecified atom stereocenters. The summed E-state index contributed by atoms with van der Waals surface area (Å²) < 4.78 is 0. The lowest BCUT2D eigenvalue weighted by atomic mass is 10.1. The molecule has 0 aliphatic carbocycles. The first kappa shape index (κ1) is 12.7. The summed E-state index contributed by atoms with van der Waals surface area (Å²) in [6.45, 7) is 4.64. The standard InChI is InChI=1S/C13H20N2O/c1-3-12(14)13(16)15-9-8-11-7-5-4-6-10(11)2/h4-7,12H,3,8-9,14H2,1-2H3,(H,15,16)/t12-/m0/s1. The summed E-state index contributed by atoms with van der Waals surface area (Å²) >= 11 is 0. The lowest BCUT2D eigenvalue weighted by Crippen LogP contribution is -2.40. The Morgan fingerprint density at radius 3 is 2.75 bits per heavy atom. The SMILES string of the molecule is CC[C@H](N)C(=O)NCCc1ccccc1C. The number of carbonyl (C=O) groups excluding carboxylic acids is 1. The average Bonchev–Trinajstić information content (AvgIpc) is 2.30. The van der Waals surface area contributed by atoms with Gasteiger partial charge in [-0.15, -0.1) is 0 Å². The van der Waals surface area contributed by atoms with Crippen LogP contribution in [0.3, 0.4) is 0 Å². The van der Waals surface area contributed by atoms with E-state index in [1.165, 1.54) is 11.1 Å². The Balaban J connectivity index is 2.36. The zero-order valence-corrected chi connectivity index (χ0v) is 9.99. The maximum Gasteiger partial charge on any atom is 0.236 e. The van der Waals surface area contributed by atoms with E-state index in [1.807, 2.05) is 19.1 Å². The van der Waals surface area contributed by atoms with Crippen LogP contribution in [0.5, 0.6) is 0 Å². The summed E-state index contributed by atoms with van der Waals surface area (Å²) in [6.07, 6.45) is 1.53. The molecule has 3 heteroatoms. The Morgan fingerprint density at radius 1 is 1.44 bits per heavy atom. The van der Waals surface area contributed by atoms with Gasteiger partial charge in [0.25, 0.3) is 0 Å². The minimum atomic E-state index is -0.378. The van der Waals surface area contributed by atoms with Gasteiger partial charge in [0.2, 0.25) is 5.91 Å². The molecule has 3 nitrogen and oxygen atoms in total. The van der Waals surface area contributed by atoms with Gasteiger partial charge in [-0.25, -0.2) is 0 Å². The van der Waals surface area contributed by atoms with Crippen molar-refractivity contribution in [1.29, 1.82) is 0 Å². The van der Waals surface area contributed by atoms with E-state index in [4.69, 9.17) is 5.73 Å². The molecule has 0 bridgehead atoms. The number of nitrogens with two attached hydrogens (primary N) is 1. The van der Waals surface area contributed by atoms with Crippen LogP contribution in [0.15, 0.2) is 24.3 Å². The molecule has 1 amide bonds. The number of hydrogen-bond donors (Lipinski definition) is 2. The van der Waals surface area contributed by atoms with Gasteiger partial charge < -0.3 is 11.1 Å². The molecule has 0 heterocycles. The van der Waals surface area contributed by atoms with Crippen molar-refractivity contribution in [3.63, 3.8) is 0 Å². The minimum Gasteiger partial charge on any atom is -0.354 e. The molecule has 0 saturated heterocycles. The molecule has 1 rings (SSSR count). The van der Waals surface area contributed by atoms with Crippen LogP contribution in [0.1, 0.15) is 24.5 Å². The Kier molecular flexibility index (Phi) is 4.99. The third-order valence-corrected chi connectivity index (χ3v) is 2.73. The van der Waals surface area contributed by atoms with Crippen LogP contribution >= 0.6 is 0 Å². The molecule has 0 aliphatic heterocycles. The predicted molar refractivity (Wildman–Crippen MR) is 66.2 cm³/mol. The molecule has 3 N–H and O–H groups in total. The van der Waals surface area contributed by atoms with Crippen LogP contribution in [-0.2, 0) is 11.2 Å². The average molecular weight is 220 g/mol. The monoisotopic (exact) mass is 220 g/mol. The van der Waals surface area contributed by atoms with Crippen molar-refractivity contribution >= 4 is 5.91 Å². The number of hydrogen-bond acceptors (Lipinski definition) is 2. The highest BCUT2D eigenvalue weighted by atomic mass is 16.2. The Hall–Kier alpha value is -1.35. The molecule has 1 atom stereocenters. The molecule has 1 aromatic rings. The third-order valence-electron chi connectivity index (χ3n) is 2.73. The van der Waals surface area contributed by atoms with E-state index in [0.717, 1.165) is 6.42 Å². The lowest BCUT2D eigenvalue weighted by Gasteiger charge is -2.10. The van der Waals surface area contributed by atoms with Gasteiger partial charge in [0.1, 0.15) is 0 Å². The predicted octanol–water partition coefficient (Wildman–Crippen LogP) is 1.39. The van der Waals surface area contributed by atoms with Crippen LogP contribution < -0.4 is 11.1 Å². The van der Waals surface area contributed by atoms with E-state index >= 15 is 0 Å². The normalized spacial score (nSPS) is 12.2. The topological polar surface area (TPSA) is 55.1 Å². The summed E-state index contributed by atoms with van der Waals surface area (Å²) in [4.78, 5) is 11.4. The van der Waals surface area contributed by atoms with E-state index in [2.05, 4.69) is 24.4 Å². The number of rotatable bonds is 5. The summed E-state index contributed by atoms with van der Waals surface area (Å²) in [6, 6.07) is 7.82. The van der Waals surface area contributed by atoms with Crippen molar-refractivity contribution in [2.24, 2.45) is 5.73 Å². The van der Waals surface area contributed by atoms with Crippen molar-refractivity contribution in [2.75, 3.05) is 6.54 Å². The Morgan fingerprint density at radius 2 is 2.12 bits per heavy atom. The molecule has 0 spiro atoms. The van der Waals surface area contributed by atoms with E-state index in [-0.39, 0.29) is 11.9 Å². The Bertz CT molecular complexity index is 350. The highest BCUT2D eigenvalue weighted by molar-refractivity contribution is 5.81. The fourth-order valence-electron chi connectivity index (χ4n) is 1.53.